The lowest BCUT2D eigenvalue weighted by atomic mass is 10.1. The van der Waals surface area contributed by atoms with Gasteiger partial charge >= 0.3 is 0 Å². The molecule has 27 heavy (non-hydrogen) atoms. The van der Waals surface area contributed by atoms with E-state index < -0.39 is 0 Å². The Kier molecular flexibility index (Phi) is 11.5. The molecule has 0 spiro atoms. The minimum absolute atomic E-state index is 0. The number of hydrogen-bond acceptors (Lipinski definition) is 3. The van der Waals surface area contributed by atoms with Gasteiger partial charge in [-0.25, -0.2) is 0 Å². The summed E-state index contributed by atoms with van der Waals surface area (Å²) in [7, 11) is 1.72. The smallest absolute Gasteiger partial charge is 0.118 e. The van der Waals surface area contributed by atoms with E-state index in [1.54, 1.807) is 7.11 Å². The van der Waals surface area contributed by atoms with Crippen LogP contribution in [0.25, 0.3) is 0 Å². The molecule has 3 nitrogen and oxygen atoms in total. The zero-order chi connectivity index (χ0) is 17.3. The summed E-state index contributed by atoms with van der Waals surface area (Å²) >= 11 is 0. The largest absolute Gasteiger partial charge is 0.497 e. The Balaban J connectivity index is 0.00000182. The fourth-order valence-corrected chi connectivity index (χ4v) is 3.51. The van der Waals surface area contributed by atoms with E-state index in [0.717, 1.165) is 25.4 Å². The number of piperidine rings is 1. The first-order valence-corrected chi connectivity index (χ1v) is 9.45. The van der Waals surface area contributed by atoms with Crippen LogP contribution in [0.15, 0.2) is 54.6 Å². The summed E-state index contributed by atoms with van der Waals surface area (Å²) in [6, 6.07) is 19.3. The molecule has 1 saturated heterocycles. The van der Waals surface area contributed by atoms with Gasteiger partial charge in [-0.3, -0.25) is 4.90 Å². The predicted molar refractivity (Wildman–Crippen MR) is 118 cm³/mol. The molecule has 0 N–H and O–H groups in total. The summed E-state index contributed by atoms with van der Waals surface area (Å²) in [5, 5.41) is 0. The van der Waals surface area contributed by atoms with Crippen molar-refractivity contribution in [1.82, 2.24) is 9.80 Å². The Morgan fingerprint density at radius 1 is 0.815 bits per heavy atom. The average molecular weight is 411 g/mol. The summed E-state index contributed by atoms with van der Waals surface area (Å²) in [4.78, 5) is 5.18. The fraction of sp³-hybridized carbons (Fsp3) is 0.455. The van der Waals surface area contributed by atoms with Gasteiger partial charge in [-0.1, -0.05) is 48.9 Å². The van der Waals surface area contributed by atoms with E-state index in [1.807, 2.05) is 0 Å². The number of benzene rings is 2. The van der Waals surface area contributed by atoms with Gasteiger partial charge in [-0.05, 0) is 49.2 Å². The molecule has 1 heterocycles. The number of nitrogens with zero attached hydrogens (tertiary/aromatic N) is 2. The molecule has 0 atom stereocenters. The van der Waals surface area contributed by atoms with Crippen LogP contribution in [0.1, 0.15) is 30.4 Å². The lowest BCUT2D eigenvalue weighted by Crippen LogP contribution is -2.37. The van der Waals surface area contributed by atoms with Gasteiger partial charge in [-0.15, -0.1) is 24.8 Å². The number of methoxy groups -OCH3 is 1. The van der Waals surface area contributed by atoms with Crippen molar-refractivity contribution in [2.24, 2.45) is 0 Å². The molecular formula is C22H32Cl2N2O. The summed E-state index contributed by atoms with van der Waals surface area (Å²) in [6.45, 7) is 6.79. The molecule has 1 aliphatic heterocycles. The second-order valence-electron chi connectivity index (χ2n) is 6.95. The Morgan fingerprint density at radius 3 is 2.00 bits per heavy atom. The first-order valence-electron chi connectivity index (χ1n) is 9.45. The molecular weight excluding hydrogens is 379 g/mol. The van der Waals surface area contributed by atoms with Crippen LogP contribution < -0.4 is 4.74 Å². The van der Waals surface area contributed by atoms with Crippen LogP contribution in [0, 0.1) is 0 Å². The highest BCUT2D eigenvalue weighted by atomic mass is 35.5. The third-order valence-electron chi connectivity index (χ3n) is 5.00. The Labute approximate surface area is 176 Å². The van der Waals surface area contributed by atoms with Gasteiger partial charge in [0, 0.05) is 26.2 Å². The Bertz CT molecular complexity index is 616. The second kappa shape index (κ2) is 13.0. The molecule has 1 fully saturated rings. The summed E-state index contributed by atoms with van der Waals surface area (Å²) in [6.07, 6.45) is 4.12. The maximum absolute atomic E-state index is 5.28. The number of halogens is 2. The van der Waals surface area contributed by atoms with E-state index in [-0.39, 0.29) is 24.8 Å². The van der Waals surface area contributed by atoms with Gasteiger partial charge in [0.2, 0.25) is 0 Å². The van der Waals surface area contributed by atoms with E-state index in [0.29, 0.717) is 0 Å². The minimum atomic E-state index is 0. The zero-order valence-electron chi connectivity index (χ0n) is 16.2. The number of ether oxygens (including phenoxy) is 1. The number of likely N-dealkylation sites (tertiary alicyclic amines) is 1. The Morgan fingerprint density at radius 2 is 1.41 bits per heavy atom. The van der Waals surface area contributed by atoms with Crippen LogP contribution in [0.5, 0.6) is 5.75 Å². The van der Waals surface area contributed by atoms with Gasteiger partial charge in [0.15, 0.2) is 0 Å². The van der Waals surface area contributed by atoms with Crippen LogP contribution in [-0.2, 0) is 13.1 Å². The van der Waals surface area contributed by atoms with Crippen LogP contribution in [0.4, 0.5) is 0 Å². The van der Waals surface area contributed by atoms with Gasteiger partial charge in [0.05, 0.1) is 7.11 Å². The molecule has 0 amide bonds. The second-order valence-corrected chi connectivity index (χ2v) is 6.95. The average Bonchev–Trinajstić information content (AvgIpc) is 2.68. The normalized spacial score (nSPS) is 14.3. The van der Waals surface area contributed by atoms with Crippen LogP contribution in [0.3, 0.4) is 0 Å². The first-order chi connectivity index (χ1) is 12.3. The highest BCUT2D eigenvalue weighted by molar-refractivity contribution is 5.85. The zero-order valence-corrected chi connectivity index (χ0v) is 17.8. The monoisotopic (exact) mass is 410 g/mol. The maximum atomic E-state index is 5.28. The van der Waals surface area contributed by atoms with E-state index in [9.17, 15) is 0 Å². The van der Waals surface area contributed by atoms with E-state index in [1.165, 1.54) is 50.0 Å². The molecule has 150 valence electrons. The standard InChI is InChI=1S/C22H30N2O.2ClH/c1-25-22-12-10-21(11-13-22)19-24(18-20-8-4-2-5-9-20)17-16-23-14-6-3-7-15-23;;/h2,4-5,8-13H,3,6-7,14-19H2,1H3;2*1H. The summed E-state index contributed by atoms with van der Waals surface area (Å²) in [5.41, 5.74) is 2.73. The third-order valence-corrected chi connectivity index (χ3v) is 5.00. The van der Waals surface area contributed by atoms with Gasteiger partial charge in [0.1, 0.15) is 5.75 Å². The topological polar surface area (TPSA) is 15.7 Å². The van der Waals surface area contributed by atoms with Crippen molar-refractivity contribution in [2.45, 2.75) is 32.4 Å². The van der Waals surface area contributed by atoms with Gasteiger partial charge in [0.25, 0.3) is 0 Å². The molecule has 5 heteroatoms. The maximum Gasteiger partial charge on any atom is 0.118 e. The van der Waals surface area contributed by atoms with Crippen molar-refractivity contribution < 1.29 is 4.74 Å². The molecule has 0 aliphatic carbocycles. The number of rotatable bonds is 8. The molecule has 1 aliphatic rings. The fourth-order valence-electron chi connectivity index (χ4n) is 3.51. The van der Waals surface area contributed by atoms with Crippen molar-refractivity contribution in [3.05, 3.63) is 65.7 Å². The molecule has 0 bridgehead atoms. The summed E-state index contributed by atoms with van der Waals surface area (Å²) in [5.74, 6) is 0.923. The number of hydrogen-bond donors (Lipinski definition) is 0. The summed E-state index contributed by atoms with van der Waals surface area (Å²) < 4.78 is 5.28. The lowest BCUT2D eigenvalue weighted by molar-refractivity contribution is 0.173. The molecule has 0 aromatic heterocycles. The van der Waals surface area contributed by atoms with Crippen molar-refractivity contribution in [3.63, 3.8) is 0 Å². The van der Waals surface area contributed by atoms with Crippen LogP contribution in [-0.4, -0.2) is 43.1 Å². The van der Waals surface area contributed by atoms with Gasteiger partial charge in [-0.2, -0.15) is 0 Å². The van der Waals surface area contributed by atoms with E-state index in [4.69, 9.17) is 4.74 Å². The minimum Gasteiger partial charge on any atom is -0.497 e. The van der Waals surface area contributed by atoms with Crippen molar-refractivity contribution in [1.29, 1.82) is 0 Å². The van der Waals surface area contributed by atoms with E-state index >= 15 is 0 Å². The molecule has 2 aromatic rings. The molecule has 0 radical (unpaired) electrons. The van der Waals surface area contributed by atoms with Crippen molar-refractivity contribution in [3.8, 4) is 5.75 Å². The quantitative estimate of drug-likeness (QED) is 0.606. The third kappa shape index (κ3) is 8.10. The Hall–Kier alpha value is -1.26. The SMILES string of the molecule is COc1ccc(CN(CCN2CCCCC2)Cc2ccccc2)cc1.Cl.Cl. The van der Waals surface area contributed by atoms with Crippen molar-refractivity contribution >= 4 is 24.8 Å². The highest BCUT2D eigenvalue weighted by Gasteiger charge is 2.13. The van der Waals surface area contributed by atoms with Gasteiger partial charge < -0.3 is 9.64 Å². The van der Waals surface area contributed by atoms with E-state index in [2.05, 4.69) is 64.4 Å². The van der Waals surface area contributed by atoms with Crippen LogP contribution in [0.2, 0.25) is 0 Å². The molecule has 0 unspecified atom stereocenters. The van der Waals surface area contributed by atoms with Crippen LogP contribution >= 0.6 is 24.8 Å². The lowest BCUT2D eigenvalue weighted by Gasteiger charge is -2.30. The molecule has 0 saturated carbocycles. The highest BCUT2D eigenvalue weighted by Crippen LogP contribution is 2.15. The molecule has 3 rings (SSSR count). The molecule has 2 aromatic carbocycles. The predicted octanol–water partition coefficient (Wildman–Crippen LogP) is 5.03. The van der Waals surface area contributed by atoms with Crippen molar-refractivity contribution in [2.75, 3.05) is 33.3 Å². The first kappa shape index (κ1) is 23.8.